The maximum Gasteiger partial charge on any atom is 0.255 e. The van der Waals surface area contributed by atoms with E-state index >= 15 is 0 Å². The lowest BCUT2D eigenvalue weighted by Gasteiger charge is -2.11. The molecule has 0 aliphatic heterocycles. The summed E-state index contributed by atoms with van der Waals surface area (Å²) in [6.07, 6.45) is 0.0831. The van der Waals surface area contributed by atoms with E-state index in [2.05, 4.69) is 21.2 Å². The number of carbonyl (C=O) groups is 1. The molecule has 0 saturated heterocycles. The molecule has 0 aliphatic rings. The van der Waals surface area contributed by atoms with Crippen molar-refractivity contribution in [3.8, 4) is 5.75 Å². The quantitative estimate of drug-likeness (QED) is 0.895. The van der Waals surface area contributed by atoms with Gasteiger partial charge in [-0.3, -0.25) is 4.79 Å². The summed E-state index contributed by atoms with van der Waals surface area (Å²) in [5.74, 6) is 0.546. The van der Waals surface area contributed by atoms with Crippen molar-refractivity contribution >= 4 is 27.5 Å². The molecule has 2 rings (SSSR count). The minimum absolute atomic E-state index is 0.0831. The van der Waals surface area contributed by atoms with Gasteiger partial charge >= 0.3 is 0 Å². The normalized spacial score (nSPS) is 10.4. The second kappa shape index (κ2) is 6.57. The Morgan fingerprint density at radius 3 is 2.50 bits per heavy atom. The fraction of sp³-hybridized carbons (Fsp3) is 0.188. The van der Waals surface area contributed by atoms with E-state index in [-0.39, 0.29) is 12.0 Å². The van der Waals surface area contributed by atoms with Crippen LogP contribution in [0, 0.1) is 0 Å². The average Bonchev–Trinajstić information content (AvgIpc) is 2.41. The summed E-state index contributed by atoms with van der Waals surface area (Å²) in [4.78, 5) is 12.2. The zero-order chi connectivity index (χ0) is 14.5. The van der Waals surface area contributed by atoms with Gasteiger partial charge in [-0.05, 0) is 56.3 Å². The zero-order valence-corrected chi connectivity index (χ0v) is 13.0. The first-order chi connectivity index (χ1) is 9.54. The fourth-order valence-corrected chi connectivity index (χ4v) is 1.98. The first kappa shape index (κ1) is 14.6. The van der Waals surface area contributed by atoms with Crippen LogP contribution in [-0.4, -0.2) is 12.0 Å². The molecule has 1 N–H and O–H groups in total. The van der Waals surface area contributed by atoms with Crippen LogP contribution in [-0.2, 0) is 0 Å². The Morgan fingerprint density at radius 2 is 1.85 bits per heavy atom. The van der Waals surface area contributed by atoms with E-state index in [9.17, 15) is 4.79 Å². The lowest BCUT2D eigenvalue weighted by molar-refractivity contribution is 0.102. The Bertz CT molecular complexity index is 594. The van der Waals surface area contributed by atoms with E-state index in [1.54, 1.807) is 12.1 Å². The van der Waals surface area contributed by atoms with Gasteiger partial charge in [0.25, 0.3) is 5.91 Å². The largest absolute Gasteiger partial charge is 0.491 e. The van der Waals surface area contributed by atoms with Crippen LogP contribution in [0.5, 0.6) is 5.75 Å². The second-order valence-corrected chi connectivity index (χ2v) is 5.57. The van der Waals surface area contributed by atoms with E-state index in [4.69, 9.17) is 4.74 Å². The first-order valence-electron chi connectivity index (χ1n) is 6.38. The number of nitrogens with one attached hydrogen (secondary N) is 1. The number of hydrogen-bond acceptors (Lipinski definition) is 2. The standard InChI is InChI=1S/C16H16BrNO2/c1-11(2)20-15-5-3-4-12(10-15)16(19)18-14-8-6-13(17)7-9-14/h3-11H,1-2H3,(H,18,19). The maximum atomic E-state index is 12.2. The summed E-state index contributed by atoms with van der Waals surface area (Å²) in [7, 11) is 0. The molecule has 3 nitrogen and oxygen atoms in total. The van der Waals surface area contributed by atoms with Crippen LogP contribution >= 0.6 is 15.9 Å². The molecule has 0 heterocycles. The predicted molar refractivity (Wildman–Crippen MR) is 84.3 cm³/mol. The molecule has 2 aromatic rings. The van der Waals surface area contributed by atoms with Gasteiger partial charge in [-0.2, -0.15) is 0 Å². The summed E-state index contributed by atoms with van der Waals surface area (Å²) in [5, 5.41) is 2.85. The van der Waals surface area contributed by atoms with Crippen LogP contribution in [0.25, 0.3) is 0 Å². The Balaban J connectivity index is 2.10. The van der Waals surface area contributed by atoms with Crippen molar-refractivity contribution in [3.05, 3.63) is 58.6 Å². The number of halogens is 1. The summed E-state index contributed by atoms with van der Waals surface area (Å²) in [6, 6.07) is 14.6. The summed E-state index contributed by atoms with van der Waals surface area (Å²) in [6.45, 7) is 3.91. The fourth-order valence-electron chi connectivity index (χ4n) is 1.72. The van der Waals surface area contributed by atoms with Gasteiger partial charge in [-0.25, -0.2) is 0 Å². The van der Waals surface area contributed by atoms with Crippen LogP contribution in [0.2, 0.25) is 0 Å². The molecule has 0 atom stereocenters. The van der Waals surface area contributed by atoms with Crippen molar-refractivity contribution in [2.24, 2.45) is 0 Å². The molecule has 20 heavy (non-hydrogen) atoms. The molecular weight excluding hydrogens is 318 g/mol. The first-order valence-corrected chi connectivity index (χ1v) is 7.17. The van der Waals surface area contributed by atoms with E-state index in [0.29, 0.717) is 11.3 Å². The second-order valence-electron chi connectivity index (χ2n) is 4.66. The molecule has 0 aliphatic carbocycles. The number of carbonyl (C=O) groups excluding carboxylic acids is 1. The highest BCUT2D eigenvalue weighted by molar-refractivity contribution is 9.10. The SMILES string of the molecule is CC(C)Oc1cccc(C(=O)Nc2ccc(Br)cc2)c1. The zero-order valence-electron chi connectivity index (χ0n) is 11.4. The number of benzene rings is 2. The maximum absolute atomic E-state index is 12.2. The Hall–Kier alpha value is -1.81. The average molecular weight is 334 g/mol. The highest BCUT2D eigenvalue weighted by atomic mass is 79.9. The molecule has 0 fully saturated rings. The Labute approximate surface area is 127 Å². The molecule has 0 saturated carbocycles. The predicted octanol–water partition coefficient (Wildman–Crippen LogP) is 4.49. The third-order valence-electron chi connectivity index (χ3n) is 2.57. The third kappa shape index (κ3) is 4.10. The number of rotatable bonds is 4. The summed E-state index contributed by atoms with van der Waals surface area (Å²) in [5.41, 5.74) is 1.33. The van der Waals surface area contributed by atoms with Crippen molar-refractivity contribution in [2.75, 3.05) is 5.32 Å². The van der Waals surface area contributed by atoms with Gasteiger partial charge < -0.3 is 10.1 Å². The summed E-state index contributed by atoms with van der Waals surface area (Å²) < 4.78 is 6.56. The number of anilines is 1. The number of amides is 1. The highest BCUT2D eigenvalue weighted by Crippen LogP contribution is 2.18. The van der Waals surface area contributed by atoms with Gasteiger partial charge in [0.1, 0.15) is 5.75 Å². The van der Waals surface area contributed by atoms with Gasteiger partial charge in [0, 0.05) is 15.7 Å². The molecular formula is C16H16BrNO2. The van der Waals surface area contributed by atoms with E-state index in [1.165, 1.54) is 0 Å². The van der Waals surface area contributed by atoms with Gasteiger partial charge in [-0.1, -0.05) is 22.0 Å². The van der Waals surface area contributed by atoms with Crippen molar-refractivity contribution in [3.63, 3.8) is 0 Å². The topological polar surface area (TPSA) is 38.3 Å². The lowest BCUT2D eigenvalue weighted by Crippen LogP contribution is -2.12. The molecule has 0 radical (unpaired) electrons. The monoisotopic (exact) mass is 333 g/mol. The molecule has 0 aromatic heterocycles. The van der Waals surface area contributed by atoms with Gasteiger partial charge in [0.05, 0.1) is 6.10 Å². The van der Waals surface area contributed by atoms with Crippen molar-refractivity contribution < 1.29 is 9.53 Å². The summed E-state index contributed by atoms with van der Waals surface area (Å²) >= 11 is 3.36. The Morgan fingerprint density at radius 1 is 1.15 bits per heavy atom. The van der Waals surface area contributed by atoms with Crippen molar-refractivity contribution in [2.45, 2.75) is 20.0 Å². The number of ether oxygens (including phenoxy) is 1. The number of hydrogen-bond donors (Lipinski definition) is 1. The van der Waals surface area contributed by atoms with Gasteiger partial charge in [0.2, 0.25) is 0 Å². The van der Waals surface area contributed by atoms with Gasteiger partial charge in [-0.15, -0.1) is 0 Å². The smallest absolute Gasteiger partial charge is 0.255 e. The van der Waals surface area contributed by atoms with E-state index in [1.807, 2.05) is 50.2 Å². The molecule has 0 bridgehead atoms. The van der Waals surface area contributed by atoms with Crippen molar-refractivity contribution in [1.82, 2.24) is 0 Å². The minimum atomic E-state index is -0.151. The van der Waals surface area contributed by atoms with E-state index in [0.717, 1.165) is 10.2 Å². The van der Waals surface area contributed by atoms with Crippen LogP contribution in [0.4, 0.5) is 5.69 Å². The highest BCUT2D eigenvalue weighted by Gasteiger charge is 2.08. The van der Waals surface area contributed by atoms with Crippen LogP contribution in [0.1, 0.15) is 24.2 Å². The van der Waals surface area contributed by atoms with Crippen LogP contribution in [0.3, 0.4) is 0 Å². The molecule has 1 amide bonds. The van der Waals surface area contributed by atoms with Crippen molar-refractivity contribution in [1.29, 1.82) is 0 Å². The van der Waals surface area contributed by atoms with Gasteiger partial charge in [0.15, 0.2) is 0 Å². The third-order valence-corrected chi connectivity index (χ3v) is 3.10. The van der Waals surface area contributed by atoms with Crippen LogP contribution < -0.4 is 10.1 Å². The molecule has 2 aromatic carbocycles. The molecule has 0 spiro atoms. The Kier molecular flexibility index (Phi) is 4.79. The lowest BCUT2D eigenvalue weighted by atomic mass is 10.2. The van der Waals surface area contributed by atoms with Crippen LogP contribution in [0.15, 0.2) is 53.0 Å². The molecule has 4 heteroatoms. The molecule has 104 valence electrons. The minimum Gasteiger partial charge on any atom is -0.491 e. The van der Waals surface area contributed by atoms with E-state index < -0.39 is 0 Å². The molecule has 0 unspecified atom stereocenters.